The molecule has 1 atom stereocenters. The van der Waals surface area contributed by atoms with E-state index in [2.05, 4.69) is 44.1 Å². The second-order valence-electron chi connectivity index (χ2n) is 4.52. The van der Waals surface area contributed by atoms with Crippen LogP contribution in [0.4, 0.5) is 5.69 Å². The standard InChI is InChI=1S/C13H20BrN3/c1-2-8-17(11-4-3-6-15-9-11)13-5-7-16-10-12(13)14/h5,7,10-11,15H,2-4,6,8-9H2,1H3. The molecule has 94 valence electrons. The maximum absolute atomic E-state index is 4.14. The second kappa shape index (κ2) is 6.36. The first-order chi connectivity index (χ1) is 8.33. The van der Waals surface area contributed by atoms with Crippen molar-refractivity contribution < 1.29 is 0 Å². The zero-order valence-electron chi connectivity index (χ0n) is 10.3. The smallest absolute Gasteiger partial charge is 0.0592 e. The third-order valence-electron chi connectivity index (χ3n) is 3.24. The number of pyridine rings is 1. The largest absolute Gasteiger partial charge is 0.366 e. The van der Waals surface area contributed by atoms with Crippen LogP contribution in [0.3, 0.4) is 0 Å². The Kier molecular flexibility index (Phi) is 4.80. The summed E-state index contributed by atoms with van der Waals surface area (Å²) in [6, 6.07) is 2.72. The molecule has 4 heteroatoms. The molecule has 1 aliphatic heterocycles. The normalized spacial score (nSPS) is 20.2. The average molecular weight is 298 g/mol. The molecule has 3 nitrogen and oxygen atoms in total. The van der Waals surface area contributed by atoms with Gasteiger partial charge in [0.1, 0.15) is 0 Å². The first-order valence-corrected chi connectivity index (χ1v) is 7.19. The molecule has 0 amide bonds. The number of nitrogens with one attached hydrogen (secondary N) is 1. The Morgan fingerprint density at radius 1 is 1.59 bits per heavy atom. The van der Waals surface area contributed by atoms with Gasteiger partial charge in [0.05, 0.1) is 10.2 Å². The molecule has 1 fully saturated rings. The summed E-state index contributed by atoms with van der Waals surface area (Å²) in [5.41, 5.74) is 1.27. The Morgan fingerprint density at radius 3 is 3.12 bits per heavy atom. The number of nitrogens with zero attached hydrogens (tertiary/aromatic N) is 2. The highest BCUT2D eigenvalue weighted by molar-refractivity contribution is 9.10. The van der Waals surface area contributed by atoms with Crippen LogP contribution in [-0.2, 0) is 0 Å². The van der Waals surface area contributed by atoms with Crippen molar-refractivity contribution >= 4 is 21.6 Å². The first-order valence-electron chi connectivity index (χ1n) is 6.39. The third-order valence-corrected chi connectivity index (χ3v) is 3.85. The summed E-state index contributed by atoms with van der Waals surface area (Å²) in [4.78, 5) is 6.66. The van der Waals surface area contributed by atoms with Crippen LogP contribution in [0.5, 0.6) is 0 Å². The molecular formula is C13H20BrN3. The highest BCUT2D eigenvalue weighted by Crippen LogP contribution is 2.28. The Labute approximate surface area is 112 Å². The van der Waals surface area contributed by atoms with Gasteiger partial charge in [-0.1, -0.05) is 6.92 Å². The highest BCUT2D eigenvalue weighted by atomic mass is 79.9. The van der Waals surface area contributed by atoms with Crippen molar-refractivity contribution in [1.82, 2.24) is 10.3 Å². The van der Waals surface area contributed by atoms with Gasteiger partial charge in [0, 0.05) is 31.5 Å². The first kappa shape index (κ1) is 12.8. The second-order valence-corrected chi connectivity index (χ2v) is 5.37. The monoisotopic (exact) mass is 297 g/mol. The van der Waals surface area contributed by atoms with Crippen LogP contribution in [0.25, 0.3) is 0 Å². The number of hydrogen-bond donors (Lipinski definition) is 1. The predicted octanol–water partition coefficient (Wildman–Crippen LogP) is 2.81. The van der Waals surface area contributed by atoms with Crippen molar-refractivity contribution in [3.63, 3.8) is 0 Å². The maximum atomic E-state index is 4.14. The molecular weight excluding hydrogens is 278 g/mol. The molecule has 1 aromatic rings. The Morgan fingerprint density at radius 2 is 2.47 bits per heavy atom. The minimum Gasteiger partial charge on any atom is -0.366 e. The van der Waals surface area contributed by atoms with Gasteiger partial charge < -0.3 is 10.2 Å². The SMILES string of the molecule is CCCN(c1ccncc1Br)C1CCCNC1. The zero-order chi connectivity index (χ0) is 12.1. The zero-order valence-corrected chi connectivity index (χ0v) is 11.9. The van der Waals surface area contributed by atoms with Gasteiger partial charge in [-0.05, 0) is 47.8 Å². The van der Waals surface area contributed by atoms with E-state index in [0.717, 1.165) is 24.1 Å². The molecule has 0 radical (unpaired) electrons. The fourth-order valence-corrected chi connectivity index (χ4v) is 2.92. The third kappa shape index (κ3) is 3.19. The molecule has 0 aliphatic carbocycles. The van der Waals surface area contributed by atoms with Gasteiger partial charge in [0.2, 0.25) is 0 Å². The lowest BCUT2D eigenvalue weighted by Gasteiger charge is -2.36. The van der Waals surface area contributed by atoms with Crippen LogP contribution in [-0.4, -0.2) is 30.7 Å². The molecule has 2 rings (SSSR count). The minimum absolute atomic E-state index is 0.613. The lowest BCUT2D eigenvalue weighted by molar-refractivity contribution is 0.430. The van der Waals surface area contributed by atoms with Crippen molar-refractivity contribution in [2.24, 2.45) is 0 Å². The minimum atomic E-state index is 0.613. The van der Waals surface area contributed by atoms with E-state index < -0.39 is 0 Å². The number of aromatic nitrogens is 1. The van der Waals surface area contributed by atoms with E-state index in [1.165, 1.54) is 24.9 Å². The molecule has 1 aromatic heterocycles. The number of halogens is 1. The number of hydrogen-bond acceptors (Lipinski definition) is 3. The molecule has 0 aromatic carbocycles. The predicted molar refractivity (Wildman–Crippen MR) is 75.5 cm³/mol. The quantitative estimate of drug-likeness (QED) is 0.926. The molecule has 0 bridgehead atoms. The molecule has 1 aliphatic rings. The van der Waals surface area contributed by atoms with Crippen LogP contribution in [0.15, 0.2) is 22.9 Å². The summed E-state index contributed by atoms with van der Waals surface area (Å²) in [7, 11) is 0. The van der Waals surface area contributed by atoms with Gasteiger partial charge in [-0.3, -0.25) is 4.98 Å². The maximum Gasteiger partial charge on any atom is 0.0592 e. The van der Waals surface area contributed by atoms with Crippen molar-refractivity contribution in [3.05, 3.63) is 22.9 Å². The highest BCUT2D eigenvalue weighted by Gasteiger charge is 2.21. The summed E-state index contributed by atoms with van der Waals surface area (Å²) < 4.78 is 1.10. The topological polar surface area (TPSA) is 28.2 Å². The van der Waals surface area contributed by atoms with Gasteiger partial charge in [-0.15, -0.1) is 0 Å². The van der Waals surface area contributed by atoms with Gasteiger partial charge in [-0.2, -0.15) is 0 Å². The molecule has 1 N–H and O–H groups in total. The van der Waals surface area contributed by atoms with Crippen molar-refractivity contribution in [3.8, 4) is 0 Å². The van der Waals surface area contributed by atoms with E-state index in [4.69, 9.17) is 0 Å². The summed E-state index contributed by atoms with van der Waals surface area (Å²) in [6.45, 7) is 5.59. The molecule has 1 saturated heterocycles. The van der Waals surface area contributed by atoms with Crippen LogP contribution in [0, 0.1) is 0 Å². The van der Waals surface area contributed by atoms with Crippen LogP contribution >= 0.6 is 15.9 Å². The van der Waals surface area contributed by atoms with E-state index in [9.17, 15) is 0 Å². The fraction of sp³-hybridized carbons (Fsp3) is 0.615. The van der Waals surface area contributed by atoms with Crippen molar-refractivity contribution in [1.29, 1.82) is 0 Å². The summed E-state index contributed by atoms with van der Waals surface area (Å²) in [5.74, 6) is 0. The number of anilines is 1. The van der Waals surface area contributed by atoms with E-state index >= 15 is 0 Å². The van der Waals surface area contributed by atoms with Crippen molar-refractivity contribution in [2.75, 3.05) is 24.5 Å². The average Bonchev–Trinajstić information content (AvgIpc) is 2.38. The van der Waals surface area contributed by atoms with Gasteiger partial charge in [0.15, 0.2) is 0 Å². The van der Waals surface area contributed by atoms with Gasteiger partial charge >= 0.3 is 0 Å². The summed E-state index contributed by atoms with van der Waals surface area (Å²) in [6.07, 6.45) is 7.48. The van der Waals surface area contributed by atoms with E-state index in [0.29, 0.717) is 6.04 Å². The summed E-state index contributed by atoms with van der Waals surface area (Å²) in [5, 5.41) is 3.49. The Bertz CT molecular complexity index is 350. The fourth-order valence-electron chi connectivity index (χ4n) is 2.44. The van der Waals surface area contributed by atoms with Crippen LogP contribution in [0.2, 0.25) is 0 Å². The van der Waals surface area contributed by atoms with Crippen molar-refractivity contribution in [2.45, 2.75) is 32.2 Å². The van der Waals surface area contributed by atoms with Gasteiger partial charge in [-0.25, -0.2) is 0 Å². The van der Waals surface area contributed by atoms with Gasteiger partial charge in [0.25, 0.3) is 0 Å². The molecule has 1 unspecified atom stereocenters. The van der Waals surface area contributed by atoms with E-state index in [1.54, 1.807) is 0 Å². The molecule has 0 saturated carbocycles. The Hall–Kier alpha value is -0.610. The Balaban J connectivity index is 2.18. The lowest BCUT2D eigenvalue weighted by Crippen LogP contribution is -2.46. The van der Waals surface area contributed by atoms with Crippen LogP contribution < -0.4 is 10.2 Å². The molecule has 17 heavy (non-hydrogen) atoms. The lowest BCUT2D eigenvalue weighted by atomic mass is 10.0. The summed E-state index contributed by atoms with van der Waals surface area (Å²) >= 11 is 3.61. The number of piperidine rings is 1. The number of rotatable bonds is 4. The van der Waals surface area contributed by atoms with E-state index in [1.807, 2.05) is 12.4 Å². The van der Waals surface area contributed by atoms with E-state index in [-0.39, 0.29) is 0 Å². The molecule has 0 spiro atoms. The van der Waals surface area contributed by atoms with Crippen LogP contribution in [0.1, 0.15) is 26.2 Å². The molecule has 2 heterocycles.